The lowest BCUT2D eigenvalue weighted by Gasteiger charge is -2.23. The number of aromatic nitrogens is 3. The summed E-state index contributed by atoms with van der Waals surface area (Å²) in [5, 5.41) is 11.7. The fraction of sp³-hybridized carbons (Fsp3) is 0.316. The van der Waals surface area contributed by atoms with Crippen LogP contribution in [0, 0.1) is 5.82 Å². The molecule has 140 valence electrons. The van der Waals surface area contributed by atoms with E-state index in [1.54, 1.807) is 22.8 Å². The van der Waals surface area contributed by atoms with E-state index in [0.717, 1.165) is 29.7 Å². The van der Waals surface area contributed by atoms with Crippen molar-refractivity contribution in [1.82, 2.24) is 19.7 Å². The van der Waals surface area contributed by atoms with Gasteiger partial charge in [0, 0.05) is 19.3 Å². The van der Waals surface area contributed by atoms with Gasteiger partial charge in [-0.1, -0.05) is 11.3 Å². The number of anilines is 2. The molecule has 2 aromatic heterocycles. The average molecular weight is 369 g/mol. The summed E-state index contributed by atoms with van der Waals surface area (Å²) < 4.78 is 20.0. The molecule has 4 rings (SSSR count). The van der Waals surface area contributed by atoms with Crippen LogP contribution in [0.15, 0.2) is 42.6 Å². The summed E-state index contributed by atoms with van der Waals surface area (Å²) in [5.74, 6) is -0.336. The number of rotatable bonds is 5. The van der Waals surface area contributed by atoms with E-state index < -0.39 is 0 Å². The third-order valence-corrected chi connectivity index (χ3v) is 4.71. The van der Waals surface area contributed by atoms with E-state index in [0.29, 0.717) is 12.2 Å². The van der Waals surface area contributed by atoms with Crippen molar-refractivity contribution in [2.45, 2.75) is 18.9 Å². The minimum absolute atomic E-state index is 0.0365. The Bertz CT molecular complexity index is 974. The minimum Gasteiger partial charge on any atom is -0.375 e. The fourth-order valence-electron chi connectivity index (χ4n) is 3.51. The molecule has 1 aromatic carbocycles. The van der Waals surface area contributed by atoms with E-state index in [1.165, 1.54) is 19.2 Å². The van der Waals surface area contributed by atoms with Gasteiger partial charge in [0.1, 0.15) is 18.1 Å². The number of carbonyl (C=O) groups is 1. The summed E-state index contributed by atoms with van der Waals surface area (Å²) in [6.45, 7) is 0.766. The number of halogens is 1. The van der Waals surface area contributed by atoms with Crippen LogP contribution in [0.3, 0.4) is 0 Å². The van der Waals surface area contributed by atoms with Gasteiger partial charge in [-0.05, 0) is 43.2 Å². The molecule has 1 unspecified atom stereocenters. The molecule has 0 spiro atoms. The summed E-state index contributed by atoms with van der Waals surface area (Å²) in [6.07, 6.45) is 3.58. The SMILES string of the molecule is COCC(=O)N1CCCC1c1nnn2cc(Nc3cccc(F)c3)ccc12. The Morgan fingerprint density at radius 2 is 2.22 bits per heavy atom. The number of benzene rings is 1. The first kappa shape index (κ1) is 17.4. The Hall–Kier alpha value is -3.00. The predicted octanol–water partition coefficient (Wildman–Crippen LogP) is 2.92. The van der Waals surface area contributed by atoms with Crippen molar-refractivity contribution in [3.63, 3.8) is 0 Å². The van der Waals surface area contributed by atoms with Crippen LogP contribution in [-0.2, 0) is 9.53 Å². The van der Waals surface area contributed by atoms with Crippen molar-refractivity contribution in [2.24, 2.45) is 0 Å². The van der Waals surface area contributed by atoms with Crippen LogP contribution < -0.4 is 5.32 Å². The quantitative estimate of drug-likeness (QED) is 0.749. The van der Waals surface area contributed by atoms with E-state index in [9.17, 15) is 9.18 Å². The van der Waals surface area contributed by atoms with Gasteiger partial charge >= 0.3 is 0 Å². The summed E-state index contributed by atoms with van der Waals surface area (Å²) in [7, 11) is 1.52. The van der Waals surface area contributed by atoms with Gasteiger partial charge in [0.05, 0.1) is 23.4 Å². The Morgan fingerprint density at radius 1 is 1.33 bits per heavy atom. The van der Waals surface area contributed by atoms with Crippen molar-refractivity contribution in [1.29, 1.82) is 0 Å². The maximum atomic E-state index is 13.3. The average Bonchev–Trinajstić information content (AvgIpc) is 3.28. The van der Waals surface area contributed by atoms with Gasteiger partial charge in [-0.15, -0.1) is 5.10 Å². The molecule has 0 radical (unpaired) electrons. The van der Waals surface area contributed by atoms with Crippen LogP contribution in [0.4, 0.5) is 15.8 Å². The zero-order valence-electron chi connectivity index (χ0n) is 14.9. The number of methoxy groups -OCH3 is 1. The summed E-state index contributed by atoms with van der Waals surface area (Å²) in [4.78, 5) is 14.1. The number of nitrogens with zero attached hydrogens (tertiary/aromatic N) is 4. The number of hydrogen-bond acceptors (Lipinski definition) is 5. The van der Waals surface area contributed by atoms with E-state index in [1.807, 2.05) is 17.0 Å². The zero-order valence-corrected chi connectivity index (χ0v) is 14.9. The van der Waals surface area contributed by atoms with Crippen LogP contribution in [0.2, 0.25) is 0 Å². The standard InChI is InChI=1S/C19H20FN5O2/c1-27-12-18(26)24-9-3-6-16(24)19-17-8-7-15(11-25(17)23-22-19)21-14-5-2-4-13(20)10-14/h2,4-5,7-8,10-11,16,21H,3,6,9,12H2,1H3. The lowest BCUT2D eigenvalue weighted by Crippen LogP contribution is -2.33. The highest BCUT2D eigenvalue weighted by molar-refractivity contribution is 5.78. The molecule has 1 atom stereocenters. The lowest BCUT2D eigenvalue weighted by molar-refractivity contribution is -0.136. The Balaban J connectivity index is 1.60. The fourth-order valence-corrected chi connectivity index (χ4v) is 3.51. The van der Waals surface area contributed by atoms with Crippen LogP contribution in [-0.4, -0.2) is 45.9 Å². The second-order valence-corrected chi connectivity index (χ2v) is 6.54. The summed E-state index contributed by atoms with van der Waals surface area (Å²) in [5.41, 5.74) is 3.06. The van der Waals surface area contributed by atoms with Crippen molar-refractivity contribution in [3.8, 4) is 0 Å². The van der Waals surface area contributed by atoms with Crippen LogP contribution in [0.25, 0.3) is 5.52 Å². The second-order valence-electron chi connectivity index (χ2n) is 6.54. The molecule has 1 aliphatic rings. The number of ether oxygens (including phenoxy) is 1. The van der Waals surface area contributed by atoms with Crippen molar-refractivity contribution >= 4 is 22.8 Å². The monoisotopic (exact) mass is 369 g/mol. The van der Waals surface area contributed by atoms with Gasteiger partial charge in [0.2, 0.25) is 5.91 Å². The number of nitrogens with one attached hydrogen (secondary N) is 1. The van der Waals surface area contributed by atoms with E-state index >= 15 is 0 Å². The number of pyridine rings is 1. The Kier molecular flexibility index (Phi) is 4.72. The van der Waals surface area contributed by atoms with Gasteiger partial charge in [-0.3, -0.25) is 4.79 Å². The molecule has 0 saturated carbocycles. The third-order valence-electron chi connectivity index (χ3n) is 4.71. The number of carbonyl (C=O) groups excluding carboxylic acids is 1. The molecule has 27 heavy (non-hydrogen) atoms. The molecule has 1 saturated heterocycles. The number of fused-ring (bicyclic) bond motifs is 1. The van der Waals surface area contributed by atoms with Gasteiger partial charge in [0.15, 0.2) is 0 Å². The van der Waals surface area contributed by atoms with Crippen LogP contribution in [0.1, 0.15) is 24.6 Å². The molecule has 0 bridgehead atoms. The molecule has 7 nitrogen and oxygen atoms in total. The van der Waals surface area contributed by atoms with Crippen LogP contribution >= 0.6 is 0 Å². The number of hydrogen-bond donors (Lipinski definition) is 1. The van der Waals surface area contributed by atoms with Gasteiger partial charge in [-0.2, -0.15) is 0 Å². The van der Waals surface area contributed by atoms with Crippen LogP contribution in [0.5, 0.6) is 0 Å². The van der Waals surface area contributed by atoms with E-state index in [4.69, 9.17) is 4.74 Å². The van der Waals surface area contributed by atoms with E-state index in [2.05, 4.69) is 15.6 Å². The first-order valence-electron chi connectivity index (χ1n) is 8.81. The third kappa shape index (κ3) is 3.48. The molecular weight excluding hydrogens is 349 g/mol. The van der Waals surface area contributed by atoms with Crippen molar-refractivity contribution < 1.29 is 13.9 Å². The molecule has 3 heterocycles. The minimum atomic E-state index is -0.300. The molecule has 0 aliphatic carbocycles. The number of amides is 1. The molecular formula is C19H20FN5O2. The Labute approximate surface area is 155 Å². The van der Waals surface area contributed by atoms with Gasteiger partial charge < -0.3 is 15.0 Å². The first-order valence-corrected chi connectivity index (χ1v) is 8.81. The molecule has 1 aliphatic heterocycles. The smallest absolute Gasteiger partial charge is 0.249 e. The first-order chi connectivity index (χ1) is 13.2. The zero-order chi connectivity index (χ0) is 18.8. The van der Waals surface area contributed by atoms with Gasteiger partial charge in [0.25, 0.3) is 0 Å². The molecule has 1 amide bonds. The Morgan fingerprint density at radius 3 is 3.04 bits per heavy atom. The summed E-state index contributed by atoms with van der Waals surface area (Å²) >= 11 is 0. The van der Waals surface area contributed by atoms with E-state index in [-0.39, 0.29) is 24.4 Å². The topological polar surface area (TPSA) is 71.8 Å². The lowest BCUT2D eigenvalue weighted by atomic mass is 10.1. The highest BCUT2D eigenvalue weighted by Crippen LogP contribution is 2.33. The molecule has 1 N–H and O–H groups in total. The molecule has 1 fully saturated rings. The molecule has 3 aromatic rings. The largest absolute Gasteiger partial charge is 0.375 e. The highest BCUT2D eigenvalue weighted by atomic mass is 19.1. The normalized spacial score (nSPS) is 16.8. The predicted molar refractivity (Wildman–Crippen MR) is 98.2 cm³/mol. The molecule has 8 heteroatoms. The van der Waals surface area contributed by atoms with Crippen molar-refractivity contribution in [2.75, 3.05) is 25.6 Å². The summed E-state index contributed by atoms with van der Waals surface area (Å²) in [6, 6.07) is 9.97. The number of likely N-dealkylation sites (tertiary alicyclic amines) is 1. The maximum Gasteiger partial charge on any atom is 0.249 e. The maximum absolute atomic E-state index is 13.3. The second kappa shape index (κ2) is 7.32. The highest BCUT2D eigenvalue weighted by Gasteiger charge is 2.32. The van der Waals surface area contributed by atoms with Crippen molar-refractivity contribution in [3.05, 3.63) is 54.1 Å². The van der Waals surface area contributed by atoms with Gasteiger partial charge in [-0.25, -0.2) is 8.91 Å².